The first-order valence-corrected chi connectivity index (χ1v) is 9.02. The Bertz CT molecular complexity index is 724. The molecule has 1 unspecified atom stereocenters. The highest BCUT2D eigenvalue weighted by molar-refractivity contribution is 5.87. The summed E-state index contributed by atoms with van der Waals surface area (Å²) >= 11 is 0. The number of benzene rings is 2. The van der Waals surface area contributed by atoms with Crippen LogP contribution in [0, 0.1) is 0 Å². The van der Waals surface area contributed by atoms with Gasteiger partial charge in [0.25, 0.3) is 0 Å². The van der Waals surface area contributed by atoms with Gasteiger partial charge in [0.2, 0.25) is 0 Å². The fraction of sp³-hybridized carbons (Fsp3) is 0.318. The minimum Gasteiger partial charge on any atom is -0.478 e. The van der Waals surface area contributed by atoms with Gasteiger partial charge >= 0.3 is 5.97 Å². The Kier molecular flexibility index (Phi) is 6.02. The van der Waals surface area contributed by atoms with Gasteiger partial charge in [-0.3, -0.25) is 4.90 Å². The van der Waals surface area contributed by atoms with Crippen molar-refractivity contribution in [3.8, 4) is 0 Å². The summed E-state index contributed by atoms with van der Waals surface area (Å²) < 4.78 is 0. The number of carboxylic acid groups (broad SMARTS) is 1. The first kappa shape index (κ1) is 17.4. The Morgan fingerprint density at radius 2 is 1.92 bits per heavy atom. The first-order valence-electron chi connectivity index (χ1n) is 9.02. The van der Waals surface area contributed by atoms with Crippen molar-refractivity contribution in [2.75, 3.05) is 6.54 Å². The normalized spacial score (nSPS) is 19.0. The largest absolute Gasteiger partial charge is 0.478 e. The van der Waals surface area contributed by atoms with Crippen molar-refractivity contribution in [3.05, 3.63) is 77.4 Å². The van der Waals surface area contributed by atoms with Crippen LogP contribution in [-0.2, 0) is 6.54 Å². The van der Waals surface area contributed by atoms with E-state index < -0.39 is 5.97 Å². The van der Waals surface area contributed by atoms with Gasteiger partial charge in [-0.25, -0.2) is 4.79 Å². The fourth-order valence-corrected chi connectivity index (χ4v) is 3.43. The second-order valence-electron chi connectivity index (χ2n) is 6.66. The van der Waals surface area contributed by atoms with Gasteiger partial charge in [-0.15, -0.1) is 0 Å². The van der Waals surface area contributed by atoms with Crippen molar-refractivity contribution in [1.82, 2.24) is 4.90 Å². The molecule has 1 aliphatic heterocycles. The van der Waals surface area contributed by atoms with Crippen LogP contribution in [0.2, 0.25) is 0 Å². The lowest BCUT2D eigenvalue weighted by molar-refractivity contribution is 0.0696. The summed E-state index contributed by atoms with van der Waals surface area (Å²) in [4.78, 5) is 13.7. The summed E-state index contributed by atoms with van der Waals surface area (Å²) in [5, 5.41) is 9.20. The molecule has 0 bridgehead atoms. The molecule has 1 aliphatic rings. The van der Waals surface area contributed by atoms with Gasteiger partial charge in [0, 0.05) is 12.6 Å². The van der Waals surface area contributed by atoms with E-state index in [4.69, 9.17) is 0 Å². The SMILES string of the molecule is O=C(O)c1cccc(CN2CCCCCC2/C=C/c2ccccc2)c1. The molecule has 3 rings (SSSR count). The molecule has 1 saturated heterocycles. The minimum absolute atomic E-state index is 0.365. The summed E-state index contributed by atoms with van der Waals surface area (Å²) in [7, 11) is 0. The van der Waals surface area contributed by atoms with Crippen molar-refractivity contribution >= 4 is 12.0 Å². The van der Waals surface area contributed by atoms with E-state index in [1.54, 1.807) is 12.1 Å². The van der Waals surface area contributed by atoms with Crippen LogP contribution in [-0.4, -0.2) is 28.6 Å². The standard InChI is InChI=1S/C22H25NO2/c24-22(25)20-11-7-10-19(16-20)17-23-15-6-2-5-12-21(23)14-13-18-8-3-1-4-9-18/h1,3-4,7-11,13-14,16,21H,2,5-6,12,15,17H2,(H,24,25)/b14-13+. The van der Waals surface area contributed by atoms with Crippen molar-refractivity contribution < 1.29 is 9.90 Å². The fourth-order valence-electron chi connectivity index (χ4n) is 3.43. The first-order chi connectivity index (χ1) is 12.2. The molecule has 0 aliphatic carbocycles. The molecule has 0 saturated carbocycles. The molecule has 25 heavy (non-hydrogen) atoms. The van der Waals surface area contributed by atoms with Gasteiger partial charge in [-0.2, -0.15) is 0 Å². The minimum atomic E-state index is -0.863. The van der Waals surface area contributed by atoms with Crippen LogP contribution in [0.4, 0.5) is 0 Å². The quantitative estimate of drug-likeness (QED) is 0.850. The maximum Gasteiger partial charge on any atom is 0.335 e. The molecule has 1 fully saturated rings. The van der Waals surface area contributed by atoms with Gasteiger partial charge in [-0.1, -0.05) is 67.5 Å². The number of aromatic carboxylic acids is 1. The summed E-state index contributed by atoms with van der Waals surface area (Å²) in [5.74, 6) is -0.863. The highest BCUT2D eigenvalue weighted by Crippen LogP contribution is 2.21. The van der Waals surface area contributed by atoms with Gasteiger partial charge in [0.05, 0.1) is 5.56 Å². The molecule has 130 valence electrons. The van der Waals surface area contributed by atoms with E-state index in [9.17, 15) is 9.90 Å². The summed E-state index contributed by atoms with van der Waals surface area (Å²) in [6, 6.07) is 18.1. The van der Waals surface area contributed by atoms with E-state index in [0.717, 1.165) is 25.1 Å². The number of carbonyl (C=O) groups is 1. The van der Waals surface area contributed by atoms with Crippen LogP contribution in [0.3, 0.4) is 0 Å². The zero-order valence-electron chi connectivity index (χ0n) is 14.5. The highest BCUT2D eigenvalue weighted by atomic mass is 16.4. The highest BCUT2D eigenvalue weighted by Gasteiger charge is 2.19. The molecular formula is C22H25NO2. The molecule has 3 nitrogen and oxygen atoms in total. The average Bonchev–Trinajstić information content (AvgIpc) is 2.86. The lowest BCUT2D eigenvalue weighted by atomic mass is 10.1. The Balaban J connectivity index is 1.75. The van der Waals surface area contributed by atoms with Crippen LogP contribution in [0.15, 0.2) is 60.7 Å². The molecule has 2 aromatic carbocycles. The number of rotatable bonds is 5. The third-order valence-electron chi connectivity index (χ3n) is 4.78. The van der Waals surface area contributed by atoms with E-state index in [0.29, 0.717) is 11.6 Å². The molecule has 1 N–H and O–H groups in total. The van der Waals surface area contributed by atoms with E-state index in [2.05, 4.69) is 41.3 Å². The maximum absolute atomic E-state index is 11.2. The lowest BCUT2D eigenvalue weighted by Crippen LogP contribution is -2.32. The van der Waals surface area contributed by atoms with Crippen molar-refractivity contribution in [3.63, 3.8) is 0 Å². The molecule has 0 radical (unpaired) electrons. The van der Waals surface area contributed by atoms with E-state index in [1.807, 2.05) is 18.2 Å². The van der Waals surface area contributed by atoms with Crippen molar-refractivity contribution in [1.29, 1.82) is 0 Å². The topological polar surface area (TPSA) is 40.5 Å². The van der Waals surface area contributed by atoms with Gasteiger partial charge in [0.15, 0.2) is 0 Å². The van der Waals surface area contributed by atoms with Crippen LogP contribution < -0.4 is 0 Å². The molecule has 0 aromatic heterocycles. The number of hydrogen-bond donors (Lipinski definition) is 1. The maximum atomic E-state index is 11.2. The summed E-state index contributed by atoms with van der Waals surface area (Å²) in [5.41, 5.74) is 2.66. The molecule has 2 aromatic rings. The number of likely N-dealkylation sites (tertiary alicyclic amines) is 1. The van der Waals surface area contributed by atoms with Crippen LogP contribution in [0.1, 0.15) is 47.2 Å². The monoisotopic (exact) mass is 335 g/mol. The van der Waals surface area contributed by atoms with Gasteiger partial charge < -0.3 is 5.11 Å². The number of carboxylic acids is 1. The van der Waals surface area contributed by atoms with E-state index >= 15 is 0 Å². The molecule has 3 heteroatoms. The Labute approximate surface area is 149 Å². The third-order valence-corrected chi connectivity index (χ3v) is 4.78. The molecular weight excluding hydrogens is 310 g/mol. The summed E-state index contributed by atoms with van der Waals surface area (Å²) in [6.07, 6.45) is 9.38. The second-order valence-corrected chi connectivity index (χ2v) is 6.66. The van der Waals surface area contributed by atoms with E-state index in [1.165, 1.54) is 24.8 Å². The molecule has 1 atom stereocenters. The zero-order chi connectivity index (χ0) is 17.5. The Hall–Kier alpha value is -2.39. The number of hydrogen-bond acceptors (Lipinski definition) is 2. The smallest absolute Gasteiger partial charge is 0.335 e. The van der Waals surface area contributed by atoms with E-state index in [-0.39, 0.29) is 0 Å². The number of nitrogens with zero attached hydrogens (tertiary/aromatic N) is 1. The van der Waals surface area contributed by atoms with Crippen molar-refractivity contribution in [2.45, 2.75) is 38.3 Å². The average molecular weight is 335 g/mol. The van der Waals surface area contributed by atoms with Crippen LogP contribution in [0.5, 0.6) is 0 Å². The van der Waals surface area contributed by atoms with Crippen molar-refractivity contribution in [2.24, 2.45) is 0 Å². The third kappa shape index (κ3) is 5.04. The lowest BCUT2D eigenvalue weighted by Gasteiger charge is -2.28. The Morgan fingerprint density at radius 3 is 2.72 bits per heavy atom. The van der Waals surface area contributed by atoms with Crippen LogP contribution in [0.25, 0.3) is 6.08 Å². The molecule has 1 heterocycles. The predicted molar refractivity (Wildman–Crippen MR) is 102 cm³/mol. The summed E-state index contributed by atoms with van der Waals surface area (Å²) in [6.45, 7) is 1.85. The Morgan fingerprint density at radius 1 is 1.08 bits per heavy atom. The van der Waals surface area contributed by atoms with Gasteiger partial charge in [-0.05, 0) is 42.6 Å². The van der Waals surface area contributed by atoms with Gasteiger partial charge in [0.1, 0.15) is 0 Å². The van der Waals surface area contributed by atoms with Crippen LogP contribution >= 0.6 is 0 Å². The molecule has 0 spiro atoms. The molecule has 0 amide bonds. The second kappa shape index (κ2) is 8.63. The predicted octanol–water partition coefficient (Wildman–Crippen LogP) is 4.84. The zero-order valence-corrected chi connectivity index (χ0v) is 14.5.